The van der Waals surface area contributed by atoms with Crippen LogP contribution in [0.2, 0.25) is 0 Å². The lowest BCUT2D eigenvalue weighted by Gasteiger charge is -2.07. The maximum Gasteiger partial charge on any atom is -0.0115 e. The molecule has 22 heavy (non-hydrogen) atoms. The monoisotopic (exact) mass is 352 g/mol. The molecule has 122 valence electrons. The highest BCUT2D eigenvalue weighted by Crippen LogP contribution is 2.21. The Hall–Kier alpha value is -0.270. The summed E-state index contributed by atoms with van der Waals surface area (Å²) < 4.78 is 0. The molecule has 0 nitrogen and oxygen atoms in total. The molecule has 0 heterocycles. The van der Waals surface area contributed by atoms with Gasteiger partial charge in [0, 0.05) is 0 Å². The highest BCUT2D eigenvalue weighted by molar-refractivity contribution is 7.37. The molecular weight excluding hydrogens is 321 g/mol. The van der Waals surface area contributed by atoms with Crippen LogP contribution in [-0.2, 0) is 0 Å². The molecule has 0 aromatic heterocycles. The first-order chi connectivity index (χ1) is 10.5. The van der Waals surface area contributed by atoms with Gasteiger partial charge in [-0.25, -0.2) is 0 Å². The van der Waals surface area contributed by atoms with Gasteiger partial charge in [-0.15, -0.1) is 27.7 Å². The van der Waals surface area contributed by atoms with Crippen molar-refractivity contribution in [2.45, 2.75) is 45.9 Å². The molecular formula is C19H31P3. The lowest BCUT2D eigenvalue weighted by atomic mass is 10.0. The van der Waals surface area contributed by atoms with Crippen LogP contribution in [0.15, 0.2) is 70.6 Å². The van der Waals surface area contributed by atoms with Crippen LogP contribution in [-0.4, -0.2) is 5.40 Å². The molecule has 0 aromatic carbocycles. The third-order valence-corrected chi connectivity index (χ3v) is 4.55. The Balaban J connectivity index is 5.03. The first-order valence-corrected chi connectivity index (χ1v) is 9.66. The van der Waals surface area contributed by atoms with E-state index in [0.717, 1.165) is 6.42 Å². The summed E-state index contributed by atoms with van der Waals surface area (Å²) in [5.74, 6) is 0. The van der Waals surface area contributed by atoms with E-state index in [4.69, 9.17) is 0 Å². The summed E-state index contributed by atoms with van der Waals surface area (Å²) in [6.45, 7) is 8.32. The summed E-state index contributed by atoms with van der Waals surface area (Å²) in [6, 6.07) is 0. The van der Waals surface area contributed by atoms with Crippen molar-refractivity contribution in [1.82, 2.24) is 0 Å². The molecule has 0 rings (SSSR count). The Labute approximate surface area is 144 Å². The zero-order valence-electron chi connectivity index (χ0n) is 14.3. The van der Waals surface area contributed by atoms with Crippen molar-refractivity contribution in [3.05, 3.63) is 70.6 Å². The molecule has 3 atom stereocenters. The molecule has 3 unspecified atom stereocenters. The summed E-state index contributed by atoms with van der Waals surface area (Å²) >= 11 is 0. The number of allylic oxidation sites excluding steroid dienone is 12. The van der Waals surface area contributed by atoms with Crippen LogP contribution >= 0.6 is 27.7 Å². The predicted molar refractivity (Wildman–Crippen MR) is 115 cm³/mol. The molecule has 0 aliphatic heterocycles. The number of hydrogen-bond donors (Lipinski definition) is 0. The van der Waals surface area contributed by atoms with E-state index in [-0.39, 0.29) is 0 Å². The molecule has 0 aromatic rings. The van der Waals surface area contributed by atoms with Gasteiger partial charge in [0.1, 0.15) is 0 Å². The fourth-order valence-corrected chi connectivity index (χ4v) is 2.28. The number of rotatable bonds is 8. The fourth-order valence-electron chi connectivity index (χ4n) is 1.85. The van der Waals surface area contributed by atoms with Gasteiger partial charge in [0.05, 0.1) is 0 Å². The summed E-state index contributed by atoms with van der Waals surface area (Å²) in [6.07, 6.45) is 19.6. The molecule has 0 amide bonds. The molecule has 0 aliphatic carbocycles. The van der Waals surface area contributed by atoms with Crippen molar-refractivity contribution in [2.24, 2.45) is 0 Å². The van der Waals surface area contributed by atoms with Crippen molar-refractivity contribution in [1.29, 1.82) is 0 Å². The van der Waals surface area contributed by atoms with E-state index in [2.05, 4.69) is 97.1 Å². The highest BCUT2D eigenvalue weighted by Gasteiger charge is 1.99. The quantitative estimate of drug-likeness (QED) is 0.342. The second kappa shape index (κ2) is 13.2. The molecule has 0 spiro atoms. The van der Waals surface area contributed by atoms with Gasteiger partial charge in [-0.2, -0.15) is 0 Å². The molecule has 0 aliphatic rings. The van der Waals surface area contributed by atoms with E-state index >= 15 is 0 Å². The predicted octanol–water partition coefficient (Wildman–Crippen LogP) is 6.57. The summed E-state index contributed by atoms with van der Waals surface area (Å²) in [5, 5.41) is 1.78. The Kier molecular flexibility index (Phi) is 13.0. The van der Waals surface area contributed by atoms with Crippen molar-refractivity contribution < 1.29 is 0 Å². The fraction of sp³-hybridized carbons (Fsp3) is 0.368. The van der Waals surface area contributed by atoms with E-state index < -0.39 is 0 Å². The average Bonchev–Trinajstić information content (AvgIpc) is 2.52. The molecule has 0 N–H and O–H groups in total. The lowest BCUT2D eigenvalue weighted by Crippen LogP contribution is -1.88. The first-order valence-electron chi connectivity index (χ1n) is 7.75. The molecule has 0 fully saturated rings. The van der Waals surface area contributed by atoms with Gasteiger partial charge in [-0.05, 0) is 62.4 Å². The topological polar surface area (TPSA) is 0 Å². The molecule has 0 radical (unpaired) electrons. The number of hydrogen-bond acceptors (Lipinski definition) is 0. The van der Waals surface area contributed by atoms with Gasteiger partial charge in [-0.1, -0.05) is 54.2 Å². The van der Waals surface area contributed by atoms with E-state index in [1.807, 2.05) is 6.92 Å². The Morgan fingerprint density at radius 3 is 1.73 bits per heavy atom. The SMILES string of the molecule is C\C=C(/C=C\C(=C/C)C(\C=C/C(P)=C\C)=C\C)CCC(P)P. The summed E-state index contributed by atoms with van der Waals surface area (Å²) in [5.41, 5.74) is 3.88. The molecule has 0 bridgehead atoms. The van der Waals surface area contributed by atoms with Crippen LogP contribution in [0.4, 0.5) is 0 Å². The van der Waals surface area contributed by atoms with Crippen LogP contribution in [0.1, 0.15) is 40.5 Å². The second-order valence-electron chi connectivity index (χ2n) is 5.01. The van der Waals surface area contributed by atoms with Crippen molar-refractivity contribution in [2.75, 3.05) is 0 Å². The summed E-state index contributed by atoms with van der Waals surface area (Å²) in [7, 11) is 8.40. The van der Waals surface area contributed by atoms with Crippen LogP contribution in [0.5, 0.6) is 0 Å². The Morgan fingerprint density at radius 1 is 0.773 bits per heavy atom. The van der Waals surface area contributed by atoms with Gasteiger partial charge in [0.2, 0.25) is 0 Å². The van der Waals surface area contributed by atoms with Crippen LogP contribution < -0.4 is 0 Å². The van der Waals surface area contributed by atoms with Gasteiger partial charge >= 0.3 is 0 Å². The standard InChI is InChI=1S/C19H31P3/c1-5-15(10-14-19(21)22)9-11-16(6-2)17(7-3)12-13-18(20)8-4/h5-9,11-13,19H,10,14,20-22H2,1-4H3/b11-9-,13-12-,15-5+,16-6+,17-7+,18-8+. The maximum atomic E-state index is 2.83. The van der Waals surface area contributed by atoms with E-state index in [0.29, 0.717) is 5.40 Å². The smallest absolute Gasteiger partial charge is 0.0115 e. The molecule has 0 saturated heterocycles. The minimum atomic E-state index is 0.583. The zero-order valence-corrected chi connectivity index (χ0v) is 17.8. The van der Waals surface area contributed by atoms with Crippen molar-refractivity contribution >= 4 is 27.7 Å². The third kappa shape index (κ3) is 9.69. The van der Waals surface area contributed by atoms with E-state index in [1.165, 1.54) is 28.5 Å². The van der Waals surface area contributed by atoms with Crippen LogP contribution in [0.25, 0.3) is 0 Å². The normalized spacial score (nSPS) is 15.6. The Bertz CT molecular complexity index is 501. The minimum absolute atomic E-state index is 0.583. The Morgan fingerprint density at radius 2 is 1.32 bits per heavy atom. The first kappa shape index (κ1) is 21.7. The lowest BCUT2D eigenvalue weighted by molar-refractivity contribution is 0.907. The second-order valence-corrected chi connectivity index (χ2v) is 8.16. The van der Waals surface area contributed by atoms with Gasteiger partial charge in [0.15, 0.2) is 0 Å². The van der Waals surface area contributed by atoms with E-state index in [9.17, 15) is 0 Å². The van der Waals surface area contributed by atoms with Crippen molar-refractivity contribution in [3.63, 3.8) is 0 Å². The third-order valence-electron chi connectivity index (χ3n) is 3.36. The van der Waals surface area contributed by atoms with Crippen molar-refractivity contribution in [3.8, 4) is 0 Å². The van der Waals surface area contributed by atoms with Gasteiger partial charge in [-0.3, -0.25) is 0 Å². The summed E-state index contributed by atoms with van der Waals surface area (Å²) in [4.78, 5) is 0. The largest absolute Gasteiger partial charge is 0.130 e. The average molecular weight is 352 g/mol. The zero-order chi connectivity index (χ0) is 17.0. The van der Waals surface area contributed by atoms with Crippen LogP contribution in [0, 0.1) is 0 Å². The minimum Gasteiger partial charge on any atom is -0.130 e. The molecule has 0 saturated carbocycles. The molecule has 3 heteroatoms. The van der Waals surface area contributed by atoms with Crippen LogP contribution in [0.3, 0.4) is 0 Å². The maximum absolute atomic E-state index is 2.83. The van der Waals surface area contributed by atoms with Gasteiger partial charge < -0.3 is 0 Å². The van der Waals surface area contributed by atoms with Gasteiger partial charge in [0.25, 0.3) is 0 Å². The van der Waals surface area contributed by atoms with E-state index in [1.54, 1.807) is 0 Å². The highest BCUT2D eigenvalue weighted by atomic mass is 31.1.